The Morgan fingerprint density at radius 2 is 0.235 bits per heavy atom. The van der Waals surface area contributed by atoms with Crippen LogP contribution in [0.3, 0.4) is 0 Å². The van der Waals surface area contributed by atoms with Gasteiger partial charge >= 0.3 is 0 Å². The molecule has 0 fully saturated rings. The van der Waals surface area contributed by atoms with Crippen molar-refractivity contribution < 1.29 is 21.1 Å². The predicted octanol–water partition coefficient (Wildman–Crippen LogP) is 0.768. The Kier molecular flexibility index (Phi) is 885. The quantitative estimate of drug-likeness (QED) is 0.462. The Bertz CT molecular complexity index is 132. The van der Waals surface area contributed by atoms with Crippen LogP contribution >= 0.6 is 0 Å². The molecule has 0 atom stereocenters. The molecule has 0 spiro atoms. The molecular formula is C8MoN8-8. The molecular weight excluding hydrogens is 304 g/mol. The molecule has 0 aromatic carbocycles. The van der Waals surface area contributed by atoms with Crippen molar-refractivity contribution >= 4 is 0 Å². The summed E-state index contributed by atoms with van der Waals surface area (Å²) in [6.45, 7) is 38.0. The second-order valence-corrected chi connectivity index (χ2v) is 0. The largest absolute Gasteiger partial charge is 0.512 e. The van der Waals surface area contributed by atoms with E-state index in [-0.39, 0.29) is 21.1 Å². The van der Waals surface area contributed by atoms with Crippen LogP contribution in [0.5, 0.6) is 0 Å². The normalized spacial score (nSPS) is 0.941. The van der Waals surface area contributed by atoms with E-state index in [1.54, 1.807) is 0 Å². The van der Waals surface area contributed by atoms with Crippen molar-refractivity contribution in [1.29, 1.82) is 42.1 Å². The summed E-state index contributed by atoms with van der Waals surface area (Å²) in [5, 5.41) is 50.0. The van der Waals surface area contributed by atoms with Crippen molar-refractivity contribution in [1.82, 2.24) is 0 Å². The van der Waals surface area contributed by atoms with Gasteiger partial charge in [0.05, 0.1) is 0 Å². The van der Waals surface area contributed by atoms with Crippen LogP contribution in [0.4, 0.5) is 0 Å². The fourth-order valence-corrected chi connectivity index (χ4v) is 0. The van der Waals surface area contributed by atoms with E-state index in [9.17, 15) is 0 Å². The van der Waals surface area contributed by atoms with Gasteiger partial charge in [-0.2, -0.15) is 0 Å². The van der Waals surface area contributed by atoms with Crippen LogP contribution in [0.25, 0.3) is 0 Å². The van der Waals surface area contributed by atoms with Gasteiger partial charge in [0.25, 0.3) is 0 Å². The number of nitrogens with zero attached hydrogens (tertiary/aromatic N) is 8. The van der Waals surface area contributed by atoms with Crippen LogP contribution in [-0.4, -0.2) is 0 Å². The molecule has 0 saturated carbocycles. The summed E-state index contributed by atoms with van der Waals surface area (Å²) in [7, 11) is 0. The van der Waals surface area contributed by atoms with E-state index in [0.29, 0.717) is 0 Å². The summed E-state index contributed by atoms with van der Waals surface area (Å²) >= 11 is 0. The van der Waals surface area contributed by atoms with E-state index in [1.807, 2.05) is 0 Å². The Balaban J connectivity index is -0.00000000610. The van der Waals surface area contributed by atoms with Gasteiger partial charge in [0.15, 0.2) is 0 Å². The third kappa shape index (κ3) is 123. The molecule has 0 radical (unpaired) electrons. The first-order valence-electron chi connectivity index (χ1n) is 1.79. The predicted molar refractivity (Wildman–Crippen MR) is 39.7 cm³/mol. The van der Waals surface area contributed by atoms with Gasteiger partial charge in [0.1, 0.15) is 0 Å². The minimum Gasteiger partial charge on any atom is -0.512 e. The molecule has 8 nitrogen and oxygen atoms in total. The molecule has 9 heteroatoms. The molecule has 0 amide bonds. The number of rotatable bonds is 0. The van der Waals surface area contributed by atoms with Crippen molar-refractivity contribution in [3.63, 3.8) is 0 Å². The van der Waals surface area contributed by atoms with E-state index >= 15 is 0 Å². The molecule has 0 rings (SSSR count). The van der Waals surface area contributed by atoms with Crippen molar-refractivity contribution in [3.8, 4) is 0 Å². The van der Waals surface area contributed by atoms with Gasteiger partial charge in [-0.25, -0.2) is 0 Å². The van der Waals surface area contributed by atoms with Crippen molar-refractivity contribution in [2.75, 3.05) is 0 Å². The van der Waals surface area contributed by atoms with Crippen molar-refractivity contribution in [3.05, 3.63) is 52.6 Å². The van der Waals surface area contributed by atoms with Crippen LogP contribution in [0, 0.1) is 94.7 Å². The first-order chi connectivity index (χ1) is 8.00. The van der Waals surface area contributed by atoms with Crippen LogP contribution in [0.15, 0.2) is 0 Å². The maximum atomic E-state index is 6.25. The maximum Gasteiger partial charge on any atom is 0 e. The summed E-state index contributed by atoms with van der Waals surface area (Å²) in [5.74, 6) is 0. The summed E-state index contributed by atoms with van der Waals surface area (Å²) in [5.41, 5.74) is 0. The summed E-state index contributed by atoms with van der Waals surface area (Å²) in [6, 6.07) is 0. The first kappa shape index (κ1) is 102. The Hall–Kier alpha value is -3.39. The van der Waals surface area contributed by atoms with Gasteiger partial charge in [-0.05, 0) is 0 Å². The summed E-state index contributed by atoms with van der Waals surface area (Å²) < 4.78 is 0. The topological polar surface area (TPSA) is 190 Å². The smallest absolute Gasteiger partial charge is 0 e. The molecule has 0 heterocycles. The van der Waals surface area contributed by atoms with E-state index in [4.69, 9.17) is 94.7 Å². The van der Waals surface area contributed by atoms with Crippen LogP contribution < -0.4 is 0 Å². The fourth-order valence-electron chi connectivity index (χ4n) is 0. The van der Waals surface area contributed by atoms with Crippen LogP contribution in [0.2, 0.25) is 0 Å². The number of hydrogen-bond donors (Lipinski definition) is 0. The molecule has 0 aliphatic heterocycles. The Morgan fingerprint density at radius 1 is 0.235 bits per heavy atom. The SMILES string of the molecule is [C-]#N.[C-]#N.[C-]#N.[C-]#N.[C-]#N.[C-]#N.[C-]#N.[C-]#N.[Mo]. The standard InChI is InChI=1S/8CN.Mo/c8*1-2;/q8*-1;. The summed E-state index contributed by atoms with van der Waals surface area (Å²) in [4.78, 5) is 0. The molecule has 0 aromatic heterocycles. The first-order valence-corrected chi connectivity index (χ1v) is 1.79. The molecule has 17 heavy (non-hydrogen) atoms. The monoisotopic (exact) mass is 306 g/mol. The average molecular weight is 304 g/mol. The van der Waals surface area contributed by atoms with E-state index in [1.165, 1.54) is 0 Å². The van der Waals surface area contributed by atoms with Gasteiger partial charge in [0, 0.05) is 21.1 Å². The minimum absolute atomic E-state index is 0. The number of hydrogen-bond acceptors (Lipinski definition) is 8. The maximum absolute atomic E-state index is 6.25. The zero-order chi connectivity index (χ0) is 16.0. The zero-order valence-corrected chi connectivity index (χ0v) is 9.99. The molecule has 0 bridgehead atoms. The second kappa shape index (κ2) is 148. The van der Waals surface area contributed by atoms with Crippen molar-refractivity contribution in [2.24, 2.45) is 0 Å². The third-order valence-corrected chi connectivity index (χ3v) is 0. The fraction of sp³-hybridized carbons (Fsp3) is 0. The third-order valence-electron chi connectivity index (χ3n) is 0. The molecule has 0 N–H and O–H groups in total. The molecule has 86 valence electrons. The van der Waals surface area contributed by atoms with Crippen molar-refractivity contribution in [2.45, 2.75) is 0 Å². The van der Waals surface area contributed by atoms with Gasteiger partial charge in [-0.3, -0.25) is 0 Å². The molecule has 0 saturated heterocycles. The van der Waals surface area contributed by atoms with E-state index < -0.39 is 0 Å². The van der Waals surface area contributed by atoms with Crippen LogP contribution in [-0.2, 0) is 21.1 Å². The van der Waals surface area contributed by atoms with Gasteiger partial charge in [-0.15, -0.1) is 0 Å². The molecule has 0 aliphatic rings. The Morgan fingerprint density at radius 3 is 0.235 bits per heavy atom. The minimum atomic E-state index is 0. The van der Waals surface area contributed by atoms with Gasteiger partial charge in [0.2, 0.25) is 0 Å². The van der Waals surface area contributed by atoms with E-state index in [2.05, 4.69) is 0 Å². The van der Waals surface area contributed by atoms with E-state index in [0.717, 1.165) is 0 Å². The second-order valence-electron chi connectivity index (χ2n) is 0. The molecule has 0 unspecified atom stereocenters. The van der Waals surface area contributed by atoms with Gasteiger partial charge < -0.3 is 94.7 Å². The zero-order valence-electron chi connectivity index (χ0n) is 7.99. The van der Waals surface area contributed by atoms with Crippen LogP contribution in [0.1, 0.15) is 0 Å². The molecule has 0 aromatic rings. The van der Waals surface area contributed by atoms with Gasteiger partial charge in [-0.1, -0.05) is 0 Å². The summed E-state index contributed by atoms with van der Waals surface area (Å²) in [6.07, 6.45) is 0. The average Bonchev–Trinajstić information content (AvgIpc) is 2.54. The molecule has 0 aliphatic carbocycles. The Labute approximate surface area is 116 Å².